The number of rotatable bonds is 14. The fourth-order valence-electron chi connectivity index (χ4n) is 4.41. The molecule has 0 bridgehead atoms. The van der Waals surface area contributed by atoms with Crippen LogP contribution in [0.4, 0.5) is 0 Å². The maximum absolute atomic E-state index is 7.37. The van der Waals surface area contributed by atoms with Crippen molar-refractivity contribution in [2.45, 2.75) is 0 Å². The Balaban J connectivity index is 2.01. The van der Waals surface area contributed by atoms with Gasteiger partial charge in [-0.2, -0.15) is 0 Å². The van der Waals surface area contributed by atoms with E-state index in [1.54, 1.807) is 0 Å². The van der Waals surface area contributed by atoms with Gasteiger partial charge in [-0.3, -0.25) is 21.6 Å². The van der Waals surface area contributed by atoms with Gasteiger partial charge in [-0.15, -0.1) is 0 Å². The third-order valence-corrected chi connectivity index (χ3v) is 6.37. The fourth-order valence-corrected chi connectivity index (χ4v) is 4.41. The third kappa shape index (κ3) is 12.5. The molecule has 0 aliphatic heterocycles. The lowest BCUT2D eigenvalue weighted by atomic mass is 9.94. The average Bonchev–Trinajstić information content (AvgIpc) is 3.01. The number of hydrogen-bond acceptors (Lipinski definition) is 4. The minimum atomic E-state index is -0.0875. The minimum absolute atomic E-state index is 0.0875. The van der Waals surface area contributed by atoms with Crippen molar-refractivity contribution in [2.24, 2.45) is 22.9 Å². The molecule has 0 atom stereocenters. The van der Waals surface area contributed by atoms with E-state index < -0.39 is 0 Å². The topological polar surface area (TPSA) is 248 Å². The highest BCUT2D eigenvalue weighted by Gasteiger charge is 2.06. The van der Waals surface area contributed by atoms with E-state index in [0.717, 1.165) is 44.5 Å². The van der Waals surface area contributed by atoms with Gasteiger partial charge < -0.3 is 44.2 Å². The highest BCUT2D eigenvalue weighted by Crippen LogP contribution is 2.30. The van der Waals surface area contributed by atoms with E-state index in [1.807, 2.05) is 54.7 Å². The number of guanidine groups is 4. The Kier molecular flexibility index (Phi) is 13.2. The monoisotopic (exact) mass is 618 g/mol. The normalized spacial score (nSPS) is 11.3. The largest absolute Gasteiger partial charge is 0.370 e. The SMILES string of the molecule is N=C(N)NC/C=C/c1cc(/C=C/CNC(=N)N)cc(-c2cccc(-c3cc(/C=C/CNC(=N)N)cc(/C=C/CNC(=N)N)c3)c2)c1. The van der Waals surface area contributed by atoms with Gasteiger partial charge in [0.05, 0.1) is 0 Å². The van der Waals surface area contributed by atoms with Crippen LogP contribution in [0.2, 0.25) is 0 Å². The Morgan fingerprint density at radius 3 is 0.978 bits per heavy atom. The molecule has 3 rings (SSSR count). The molecule has 0 unspecified atom stereocenters. The molecule has 0 aliphatic carbocycles. The van der Waals surface area contributed by atoms with E-state index in [0.29, 0.717) is 26.2 Å². The molecule has 0 spiro atoms. The second-order valence-corrected chi connectivity index (χ2v) is 10.1. The van der Waals surface area contributed by atoms with Crippen LogP contribution in [0.3, 0.4) is 0 Å². The molecule has 3 aromatic carbocycles. The van der Waals surface area contributed by atoms with Crippen LogP contribution in [-0.2, 0) is 0 Å². The Morgan fingerprint density at radius 1 is 0.435 bits per heavy atom. The van der Waals surface area contributed by atoms with Crippen molar-refractivity contribution in [3.8, 4) is 22.3 Å². The minimum Gasteiger partial charge on any atom is -0.370 e. The zero-order chi connectivity index (χ0) is 33.3. The van der Waals surface area contributed by atoms with E-state index in [9.17, 15) is 0 Å². The van der Waals surface area contributed by atoms with Gasteiger partial charge in [0.1, 0.15) is 0 Å². The molecule has 0 saturated carbocycles. The van der Waals surface area contributed by atoms with Gasteiger partial charge in [-0.1, -0.05) is 66.8 Å². The number of benzene rings is 3. The Bertz CT molecular complexity index is 1460. The average molecular weight is 619 g/mol. The molecule has 0 aliphatic rings. The molecule has 0 saturated heterocycles. The molecular formula is C34H42N12. The summed E-state index contributed by atoms with van der Waals surface area (Å²) in [5.41, 5.74) is 29.6. The second-order valence-electron chi connectivity index (χ2n) is 10.1. The highest BCUT2D eigenvalue weighted by atomic mass is 15.0. The van der Waals surface area contributed by atoms with E-state index >= 15 is 0 Å². The van der Waals surface area contributed by atoms with Crippen molar-refractivity contribution in [2.75, 3.05) is 26.2 Å². The van der Waals surface area contributed by atoms with Gasteiger partial charge in [0.15, 0.2) is 23.8 Å². The Hall–Kier alpha value is -6.30. The summed E-state index contributed by atoms with van der Waals surface area (Å²) in [6, 6.07) is 20.8. The molecule has 16 N–H and O–H groups in total. The molecule has 3 aromatic rings. The molecular weight excluding hydrogens is 576 g/mol. The molecule has 46 heavy (non-hydrogen) atoms. The lowest BCUT2D eigenvalue weighted by Crippen LogP contribution is -2.30. The summed E-state index contributed by atoms with van der Waals surface area (Å²) in [5.74, 6) is -0.350. The van der Waals surface area contributed by atoms with Crippen LogP contribution >= 0.6 is 0 Å². The van der Waals surface area contributed by atoms with Crippen LogP contribution < -0.4 is 44.2 Å². The summed E-state index contributed by atoms with van der Waals surface area (Å²) >= 11 is 0. The van der Waals surface area contributed by atoms with Crippen LogP contribution in [-0.4, -0.2) is 50.0 Å². The second kappa shape index (κ2) is 17.7. The zero-order valence-corrected chi connectivity index (χ0v) is 25.5. The first kappa shape index (κ1) is 34.2. The highest BCUT2D eigenvalue weighted by molar-refractivity contribution is 5.80. The third-order valence-electron chi connectivity index (χ3n) is 6.37. The molecule has 0 amide bonds. The van der Waals surface area contributed by atoms with Gasteiger partial charge in [-0.25, -0.2) is 0 Å². The van der Waals surface area contributed by atoms with Crippen molar-refractivity contribution in [3.05, 3.63) is 107 Å². The lowest BCUT2D eigenvalue weighted by molar-refractivity contribution is 1.01. The van der Waals surface area contributed by atoms with Crippen LogP contribution in [0.5, 0.6) is 0 Å². The molecule has 0 aromatic heterocycles. The van der Waals surface area contributed by atoms with Crippen LogP contribution in [0.25, 0.3) is 46.6 Å². The Morgan fingerprint density at radius 2 is 0.717 bits per heavy atom. The number of nitrogens with two attached hydrogens (primary N) is 4. The van der Waals surface area contributed by atoms with Gasteiger partial charge in [0.25, 0.3) is 0 Å². The van der Waals surface area contributed by atoms with Crippen LogP contribution in [0, 0.1) is 21.6 Å². The van der Waals surface area contributed by atoms with E-state index in [1.165, 1.54) is 0 Å². The quantitative estimate of drug-likeness (QED) is 0.0943. The van der Waals surface area contributed by atoms with Gasteiger partial charge in [0, 0.05) is 26.2 Å². The van der Waals surface area contributed by atoms with Gasteiger partial charge in [0.2, 0.25) is 0 Å². The smallest absolute Gasteiger partial charge is 0.185 e. The molecule has 0 heterocycles. The molecule has 12 heteroatoms. The number of hydrogen-bond donors (Lipinski definition) is 12. The summed E-state index contributed by atoms with van der Waals surface area (Å²) in [6.45, 7) is 1.72. The fraction of sp³-hybridized carbons (Fsp3) is 0.118. The predicted molar refractivity (Wildman–Crippen MR) is 193 cm³/mol. The first-order chi connectivity index (χ1) is 22.1. The van der Waals surface area contributed by atoms with Gasteiger partial charge >= 0.3 is 0 Å². The summed E-state index contributed by atoms with van der Waals surface area (Å²) in [5, 5.41) is 40.6. The maximum atomic E-state index is 7.37. The van der Waals surface area contributed by atoms with Crippen LogP contribution in [0.15, 0.2) is 85.0 Å². The van der Waals surface area contributed by atoms with Crippen molar-refractivity contribution in [3.63, 3.8) is 0 Å². The lowest BCUT2D eigenvalue weighted by Gasteiger charge is -2.11. The Labute approximate surface area is 269 Å². The summed E-state index contributed by atoms with van der Waals surface area (Å²) < 4.78 is 0. The van der Waals surface area contributed by atoms with Crippen molar-refractivity contribution in [1.82, 2.24) is 21.3 Å². The molecule has 0 fully saturated rings. The van der Waals surface area contributed by atoms with Crippen molar-refractivity contribution in [1.29, 1.82) is 21.6 Å². The molecule has 0 radical (unpaired) electrons. The summed E-state index contributed by atoms with van der Waals surface area (Å²) in [6.07, 6.45) is 15.5. The predicted octanol–water partition coefficient (Wildman–Crippen LogP) is 3.01. The maximum Gasteiger partial charge on any atom is 0.185 e. The standard InChI is InChI=1S/C34H42N12/c35-31(36)43-12-2-6-23-16-24(7-3-13-44-32(37)38)19-29(18-23)27-10-1-11-28(22-27)30-20-25(8-4-14-45-33(39)40)17-26(21-30)9-5-15-46-34(41)42/h1-11,16-22H,12-15H2,(H4,35,36,43)(H4,37,38,44)(H4,39,40,45)(H4,41,42,46)/b6-2+,7-3+,8-4+,9-5+. The molecule has 12 nitrogen and oxygen atoms in total. The van der Waals surface area contributed by atoms with Crippen molar-refractivity contribution < 1.29 is 0 Å². The van der Waals surface area contributed by atoms with Crippen LogP contribution in [0.1, 0.15) is 22.3 Å². The zero-order valence-electron chi connectivity index (χ0n) is 25.5. The van der Waals surface area contributed by atoms with E-state index in [2.05, 4.69) is 75.9 Å². The first-order valence-electron chi connectivity index (χ1n) is 14.5. The molecule has 238 valence electrons. The summed E-state index contributed by atoms with van der Waals surface area (Å²) in [4.78, 5) is 0. The number of nitrogens with one attached hydrogen (secondary N) is 8. The van der Waals surface area contributed by atoms with E-state index in [4.69, 9.17) is 44.6 Å². The van der Waals surface area contributed by atoms with E-state index in [-0.39, 0.29) is 23.8 Å². The first-order valence-corrected chi connectivity index (χ1v) is 14.5. The van der Waals surface area contributed by atoms with Gasteiger partial charge in [-0.05, 0) is 87.0 Å². The van der Waals surface area contributed by atoms with Crippen molar-refractivity contribution >= 4 is 48.1 Å². The summed E-state index contributed by atoms with van der Waals surface area (Å²) in [7, 11) is 0.